The number of hydrazone groups is 1. The van der Waals surface area contributed by atoms with Gasteiger partial charge >= 0.3 is 0 Å². The minimum Gasteiger partial charge on any atom is -0.457 e. The monoisotopic (exact) mass is 320 g/mol. The smallest absolute Gasteiger partial charge is 0.252 e. The number of H-pyrrole nitrogens is 1. The van der Waals surface area contributed by atoms with E-state index in [1.807, 2.05) is 54.6 Å². The Morgan fingerprint density at radius 3 is 2.67 bits per heavy atom. The normalized spacial score (nSPS) is 10.7. The zero-order valence-corrected chi connectivity index (χ0v) is 13.1. The summed E-state index contributed by atoms with van der Waals surface area (Å²) in [6.07, 6.45) is 1.63. The molecule has 1 aromatic heterocycles. The summed E-state index contributed by atoms with van der Waals surface area (Å²) in [5, 5.41) is 4.08. The molecule has 2 N–H and O–H groups in total. The van der Waals surface area contributed by atoms with Gasteiger partial charge in [0.15, 0.2) is 0 Å². The summed E-state index contributed by atoms with van der Waals surface area (Å²) in [7, 11) is 0. The molecular weight excluding hydrogens is 304 g/mol. The maximum Gasteiger partial charge on any atom is 0.252 e. The molecule has 3 rings (SSSR count). The molecule has 0 amide bonds. The van der Waals surface area contributed by atoms with E-state index in [1.54, 1.807) is 13.1 Å². The molecule has 0 saturated carbocycles. The first-order chi connectivity index (χ1) is 11.7. The van der Waals surface area contributed by atoms with Crippen LogP contribution in [0.2, 0.25) is 0 Å². The maximum absolute atomic E-state index is 11.4. The number of hydrogen-bond donors (Lipinski definition) is 2. The number of rotatable bonds is 5. The SMILES string of the molecule is Cc1cc(=O)[nH]c(N/N=C\c2cccc(Oc3ccccc3)c2)n1. The molecule has 0 unspecified atom stereocenters. The van der Waals surface area contributed by atoms with Gasteiger partial charge in [0.1, 0.15) is 11.5 Å². The fourth-order valence-electron chi connectivity index (χ4n) is 2.08. The minimum absolute atomic E-state index is 0.224. The summed E-state index contributed by atoms with van der Waals surface area (Å²) < 4.78 is 5.77. The summed E-state index contributed by atoms with van der Waals surface area (Å²) in [4.78, 5) is 18.1. The van der Waals surface area contributed by atoms with Crippen LogP contribution in [0.25, 0.3) is 0 Å². The number of nitrogens with one attached hydrogen (secondary N) is 2. The molecule has 0 aliphatic rings. The van der Waals surface area contributed by atoms with Gasteiger partial charge in [0.2, 0.25) is 5.95 Å². The fourth-order valence-corrected chi connectivity index (χ4v) is 2.08. The zero-order chi connectivity index (χ0) is 16.8. The number of ether oxygens (including phenoxy) is 1. The van der Waals surface area contributed by atoms with Gasteiger partial charge in [0.25, 0.3) is 5.56 Å². The van der Waals surface area contributed by atoms with E-state index in [-0.39, 0.29) is 5.56 Å². The largest absolute Gasteiger partial charge is 0.457 e. The molecular formula is C18H16N4O2. The van der Waals surface area contributed by atoms with Crippen LogP contribution in [0.4, 0.5) is 5.95 Å². The highest BCUT2D eigenvalue weighted by Crippen LogP contribution is 2.21. The van der Waals surface area contributed by atoms with Crippen LogP contribution in [-0.2, 0) is 0 Å². The lowest BCUT2D eigenvalue weighted by Crippen LogP contribution is -2.10. The van der Waals surface area contributed by atoms with Crippen LogP contribution in [0.3, 0.4) is 0 Å². The first-order valence-electron chi connectivity index (χ1n) is 7.39. The van der Waals surface area contributed by atoms with E-state index in [9.17, 15) is 4.79 Å². The van der Waals surface area contributed by atoms with Crippen molar-refractivity contribution in [3.8, 4) is 11.5 Å². The number of aryl methyl sites for hydroxylation is 1. The van der Waals surface area contributed by atoms with Crippen molar-refractivity contribution in [1.29, 1.82) is 0 Å². The molecule has 0 saturated heterocycles. The van der Waals surface area contributed by atoms with Gasteiger partial charge in [-0.05, 0) is 36.8 Å². The van der Waals surface area contributed by atoms with Gasteiger partial charge in [-0.25, -0.2) is 10.4 Å². The number of benzene rings is 2. The first kappa shape index (κ1) is 15.5. The van der Waals surface area contributed by atoms with Gasteiger partial charge < -0.3 is 4.74 Å². The Labute approximate surface area is 138 Å². The third kappa shape index (κ3) is 4.30. The summed E-state index contributed by atoms with van der Waals surface area (Å²) in [5.74, 6) is 1.78. The van der Waals surface area contributed by atoms with Gasteiger partial charge in [-0.2, -0.15) is 5.10 Å². The fraction of sp³-hybridized carbons (Fsp3) is 0.0556. The van der Waals surface area contributed by atoms with Crippen LogP contribution in [0.5, 0.6) is 11.5 Å². The van der Waals surface area contributed by atoms with Crippen molar-refractivity contribution in [2.75, 3.05) is 5.43 Å². The van der Waals surface area contributed by atoms with Crippen LogP contribution in [0, 0.1) is 6.92 Å². The summed E-state index contributed by atoms with van der Waals surface area (Å²) in [5.41, 5.74) is 3.96. The van der Waals surface area contributed by atoms with E-state index in [2.05, 4.69) is 20.5 Å². The quantitative estimate of drug-likeness (QED) is 0.558. The van der Waals surface area contributed by atoms with E-state index in [0.717, 1.165) is 11.3 Å². The van der Waals surface area contributed by atoms with Crippen molar-refractivity contribution in [2.45, 2.75) is 6.92 Å². The number of aromatic amines is 1. The summed E-state index contributed by atoms with van der Waals surface area (Å²) >= 11 is 0. The molecule has 120 valence electrons. The van der Waals surface area contributed by atoms with Gasteiger partial charge in [-0.3, -0.25) is 9.78 Å². The van der Waals surface area contributed by atoms with E-state index in [1.165, 1.54) is 6.07 Å². The third-order valence-electron chi connectivity index (χ3n) is 3.09. The van der Waals surface area contributed by atoms with Crippen molar-refractivity contribution in [1.82, 2.24) is 9.97 Å². The highest BCUT2D eigenvalue weighted by atomic mass is 16.5. The molecule has 0 radical (unpaired) electrons. The van der Waals surface area contributed by atoms with E-state index < -0.39 is 0 Å². The molecule has 6 heteroatoms. The van der Waals surface area contributed by atoms with Crippen LogP contribution in [-0.4, -0.2) is 16.2 Å². The number of nitrogens with zero attached hydrogens (tertiary/aromatic N) is 2. The molecule has 0 aliphatic heterocycles. The maximum atomic E-state index is 11.4. The Bertz CT molecular complexity index is 904. The topological polar surface area (TPSA) is 79.4 Å². The first-order valence-corrected chi connectivity index (χ1v) is 7.39. The Morgan fingerprint density at radius 2 is 1.88 bits per heavy atom. The molecule has 2 aromatic carbocycles. The number of para-hydroxylation sites is 1. The lowest BCUT2D eigenvalue weighted by molar-refractivity contribution is 0.482. The van der Waals surface area contributed by atoms with Crippen LogP contribution >= 0.6 is 0 Å². The van der Waals surface area contributed by atoms with Crippen LogP contribution in [0.15, 0.2) is 70.6 Å². The second-order valence-corrected chi connectivity index (χ2v) is 5.09. The highest BCUT2D eigenvalue weighted by Gasteiger charge is 1.98. The number of anilines is 1. The second-order valence-electron chi connectivity index (χ2n) is 5.09. The van der Waals surface area contributed by atoms with Gasteiger partial charge in [-0.1, -0.05) is 30.3 Å². The van der Waals surface area contributed by atoms with Crippen molar-refractivity contribution in [3.63, 3.8) is 0 Å². The standard InChI is InChI=1S/C18H16N4O2/c1-13-10-17(23)21-18(20-13)22-19-12-14-6-5-9-16(11-14)24-15-7-3-2-4-8-15/h2-12H,1H3,(H2,20,21,22,23)/b19-12-. The predicted octanol–water partition coefficient (Wildman–Crippen LogP) is 3.32. The van der Waals surface area contributed by atoms with Crippen molar-refractivity contribution in [3.05, 3.63) is 82.3 Å². The molecule has 0 bridgehead atoms. The summed E-state index contributed by atoms with van der Waals surface area (Å²) in [6.45, 7) is 1.74. The van der Waals surface area contributed by atoms with Gasteiger partial charge in [0.05, 0.1) is 6.21 Å². The van der Waals surface area contributed by atoms with Crippen molar-refractivity contribution in [2.24, 2.45) is 5.10 Å². The van der Waals surface area contributed by atoms with Crippen molar-refractivity contribution < 1.29 is 4.74 Å². The van der Waals surface area contributed by atoms with Crippen LogP contribution < -0.4 is 15.7 Å². The third-order valence-corrected chi connectivity index (χ3v) is 3.09. The second kappa shape index (κ2) is 7.23. The van der Waals surface area contributed by atoms with E-state index >= 15 is 0 Å². The molecule has 0 aliphatic carbocycles. The molecule has 3 aromatic rings. The van der Waals surface area contributed by atoms with Crippen molar-refractivity contribution >= 4 is 12.2 Å². The van der Waals surface area contributed by atoms with Gasteiger partial charge in [0, 0.05) is 11.8 Å². The molecule has 6 nitrogen and oxygen atoms in total. The van der Waals surface area contributed by atoms with E-state index in [4.69, 9.17) is 4.74 Å². The van der Waals surface area contributed by atoms with Gasteiger partial charge in [-0.15, -0.1) is 0 Å². The average Bonchev–Trinajstić information content (AvgIpc) is 2.55. The highest BCUT2D eigenvalue weighted by molar-refractivity contribution is 5.80. The number of hydrogen-bond acceptors (Lipinski definition) is 5. The van der Waals surface area contributed by atoms with Crippen LogP contribution in [0.1, 0.15) is 11.3 Å². The minimum atomic E-state index is -0.224. The average molecular weight is 320 g/mol. The molecule has 0 fully saturated rings. The Hall–Kier alpha value is -3.41. The Morgan fingerprint density at radius 1 is 1.08 bits per heavy atom. The molecule has 1 heterocycles. The Balaban J connectivity index is 1.69. The Kier molecular flexibility index (Phi) is 4.67. The predicted molar refractivity (Wildman–Crippen MR) is 93.8 cm³/mol. The lowest BCUT2D eigenvalue weighted by Gasteiger charge is -2.05. The molecule has 0 atom stereocenters. The van der Waals surface area contributed by atoms with E-state index in [0.29, 0.717) is 17.4 Å². The lowest BCUT2D eigenvalue weighted by atomic mass is 10.2. The summed E-state index contributed by atoms with van der Waals surface area (Å²) in [6, 6.07) is 18.5. The zero-order valence-electron chi connectivity index (χ0n) is 13.1. The molecule has 0 spiro atoms. The number of aromatic nitrogens is 2. The molecule has 24 heavy (non-hydrogen) atoms.